The number of nitrogens with zero attached hydrogens (tertiary/aromatic N) is 3. The van der Waals surface area contributed by atoms with Crippen LogP contribution in [0.3, 0.4) is 0 Å². The molecule has 0 unspecified atom stereocenters. The van der Waals surface area contributed by atoms with Crippen molar-refractivity contribution in [3.05, 3.63) is 36.1 Å². The topological polar surface area (TPSA) is 56.5 Å². The number of ketones is 1. The predicted molar refractivity (Wildman–Crippen MR) is 193 cm³/mol. The molecule has 0 spiro atoms. The maximum atomic E-state index is 9.69. The van der Waals surface area contributed by atoms with Crippen LogP contribution in [0.25, 0.3) is 0 Å². The van der Waals surface area contributed by atoms with Gasteiger partial charge in [0.25, 0.3) is 0 Å². The van der Waals surface area contributed by atoms with Gasteiger partial charge in [0.2, 0.25) is 0 Å². The Balaban J connectivity index is -0.0000000445. The molecule has 1 heterocycles. The molecular formula is C36H79N3O. The molecule has 1 aliphatic heterocycles. The minimum absolute atomic E-state index is 0.0185. The summed E-state index contributed by atoms with van der Waals surface area (Å²) in [4.78, 5) is 16.5. The van der Waals surface area contributed by atoms with E-state index in [9.17, 15) is 4.79 Å². The minimum atomic E-state index is 0.0185. The molecule has 0 aromatic heterocycles. The lowest BCUT2D eigenvalue weighted by atomic mass is 9.98. The Morgan fingerprint density at radius 2 is 1.15 bits per heavy atom. The monoisotopic (exact) mass is 570 g/mol. The molecular weight excluding hydrogens is 490 g/mol. The van der Waals surface area contributed by atoms with Gasteiger partial charge in [-0.15, -0.1) is 0 Å². The predicted octanol–water partition coefficient (Wildman–Crippen LogP) is 12.7. The molecule has 0 N–H and O–H groups in total. The quantitative estimate of drug-likeness (QED) is 0.244. The molecule has 1 aliphatic rings. The van der Waals surface area contributed by atoms with E-state index in [4.69, 9.17) is 5.26 Å². The molecule has 0 radical (unpaired) electrons. The van der Waals surface area contributed by atoms with E-state index in [2.05, 4.69) is 71.6 Å². The van der Waals surface area contributed by atoms with Crippen molar-refractivity contribution in [2.75, 3.05) is 20.1 Å². The third-order valence-corrected chi connectivity index (χ3v) is 3.85. The van der Waals surface area contributed by atoms with Crippen LogP contribution < -0.4 is 0 Å². The molecule has 0 bridgehead atoms. The van der Waals surface area contributed by atoms with Crippen LogP contribution in [0.5, 0.6) is 0 Å². The van der Waals surface area contributed by atoms with Crippen LogP contribution in [0, 0.1) is 11.3 Å². The summed E-state index contributed by atoms with van der Waals surface area (Å²) in [5, 5.41) is 7.32. The molecule has 1 rings (SSSR count). The van der Waals surface area contributed by atoms with E-state index >= 15 is 0 Å². The molecule has 0 saturated carbocycles. The summed E-state index contributed by atoms with van der Waals surface area (Å²) in [6.45, 7) is 47.1. The number of likely N-dealkylation sites (N-methyl/N-ethyl adjacent to an activating group) is 1. The van der Waals surface area contributed by atoms with E-state index in [1.807, 2.05) is 76.2 Å². The van der Waals surface area contributed by atoms with Gasteiger partial charge in [0.05, 0.1) is 6.07 Å². The zero-order valence-electron chi connectivity index (χ0n) is 31.7. The largest absolute Gasteiger partial charge is 0.302 e. The number of nitriles is 1. The minimum Gasteiger partial charge on any atom is -0.302 e. The van der Waals surface area contributed by atoms with Gasteiger partial charge in [-0.2, -0.15) is 5.26 Å². The van der Waals surface area contributed by atoms with Crippen molar-refractivity contribution in [3.8, 4) is 6.07 Å². The van der Waals surface area contributed by atoms with Gasteiger partial charge in [-0.3, -0.25) is 9.79 Å². The molecule has 40 heavy (non-hydrogen) atoms. The van der Waals surface area contributed by atoms with Gasteiger partial charge in [-0.05, 0) is 52.8 Å². The maximum absolute atomic E-state index is 9.69. The number of allylic oxidation sites excluding steroid dienone is 2. The molecule has 0 saturated heterocycles. The Morgan fingerprint density at radius 3 is 1.32 bits per heavy atom. The van der Waals surface area contributed by atoms with Gasteiger partial charge < -0.3 is 4.90 Å². The zero-order valence-corrected chi connectivity index (χ0v) is 31.7. The van der Waals surface area contributed by atoms with Gasteiger partial charge in [-0.25, -0.2) is 0 Å². The first-order valence-corrected chi connectivity index (χ1v) is 16.0. The molecule has 0 aliphatic carbocycles. The average molecular weight is 570 g/mol. The van der Waals surface area contributed by atoms with Crippen LogP contribution in [-0.2, 0) is 4.79 Å². The highest BCUT2D eigenvalue weighted by atomic mass is 16.1. The smallest absolute Gasteiger partial charge is 0.152 e. The van der Waals surface area contributed by atoms with Crippen molar-refractivity contribution in [3.63, 3.8) is 0 Å². The number of hydrogen-bond acceptors (Lipinski definition) is 4. The second-order valence-corrected chi connectivity index (χ2v) is 7.22. The summed E-state index contributed by atoms with van der Waals surface area (Å²) in [7, 11) is 2.16. The SMILES string of the molecule is C=C(C)N=C(C)C1=C(C)CN(C)CC1.C=CC(C)=O.CC.CC.CC.CC.CC.CC#N.CCCC.CCCC. The number of carbonyl (C=O) groups is 1. The van der Waals surface area contributed by atoms with Gasteiger partial charge in [-0.1, -0.05) is 141 Å². The highest BCUT2D eigenvalue weighted by Crippen LogP contribution is 2.18. The van der Waals surface area contributed by atoms with Crippen molar-refractivity contribution in [2.45, 2.75) is 164 Å². The summed E-state index contributed by atoms with van der Waals surface area (Å²) >= 11 is 0. The third-order valence-electron chi connectivity index (χ3n) is 3.85. The molecule has 0 aromatic rings. The second kappa shape index (κ2) is 70.9. The molecule has 0 amide bonds. The van der Waals surface area contributed by atoms with E-state index in [0.29, 0.717) is 0 Å². The van der Waals surface area contributed by atoms with Crippen LogP contribution in [0.15, 0.2) is 41.1 Å². The fraction of sp³-hybridized carbons (Fsp3) is 0.750. The van der Waals surface area contributed by atoms with Gasteiger partial charge in [0.1, 0.15) is 0 Å². The Bertz CT molecular complexity index is 545. The normalized spacial score (nSPS) is 10.3. The van der Waals surface area contributed by atoms with Gasteiger partial charge >= 0.3 is 0 Å². The summed E-state index contributed by atoms with van der Waals surface area (Å²) in [5.74, 6) is 0.0185. The third kappa shape index (κ3) is 83.4. The van der Waals surface area contributed by atoms with E-state index in [1.54, 1.807) is 6.07 Å². The first kappa shape index (κ1) is 61.9. The fourth-order valence-corrected chi connectivity index (χ4v) is 1.94. The van der Waals surface area contributed by atoms with Crippen LogP contribution in [0.2, 0.25) is 0 Å². The Labute approximate surface area is 257 Å². The molecule has 0 aromatic carbocycles. The van der Waals surface area contributed by atoms with Crippen molar-refractivity contribution in [1.82, 2.24) is 4.90 Å². The Hall–Kier alpha value is -1.99. The van der Waals surface area contributed by atoms with Crippen LogP contribution in [0.1, 0.15) is 164 Å². The van der Waals surface area contributed by atoms with Gasteiger partial charge in [0, 0.05) is 31.4 Å². The highest BCUT2D eigenvalue weighted by Gasteiger charge is 2.14. The number of rotatable bonds is 5. The van der Waals surface area contributed by atoms with Crippen molar-refractivity contribution >= 4 is 11.5 Å². The summed E-state index contributed by atoms with van der Waals surface area (Å²) in [5.41, 5.74) is 4.90. The molecule has 4 heteroatoms. The standard InChI is InChI=1S/C12H20N2.C4H6O.2C4H10.C2H3N.5C2H6/c1-9(2)13-11(4)12-6-7-14(5)8-10(12)3;1-3-4(2)5;2*1-3-4-2;1-2-3;5*1-2/h1,6-8H2,2-5H3;3H,1H2,2H3;2*3-4H2,1-2H3;1H3;5*1-2H3. The zero-order chi connectivity index (χ0) is 34.5. The van der Waals surface area contributed by atoms with Crippen molar-refractivity contribution in [1.29, 1.82) is 5.26 Å². The lowest BCUT2D eigenvalue weighted by Gasteiger charge is -2.26. The van der Waals surface area contributed by atoms with Crippen molar-refractivity contribution in [2.24, 2.45) is 4.99 Å². The second-order valence-electron chi connectivity index (χ2n) is 7.22. The highest BCUT2D eigenvalue weighted by molar-refractivity contribution is 5.99. The summed E-state index contributed by atoms with van der Waals surface area (Å²) < 4.78 is 0. The van der Waals surface area contributed by atoms with Crippen molar-refractivity contribution < 1.29 is 4.79 Å². The van der Waals surface area contributed by atoms with E-state index < -0.39 is 0 Å². The van der Waals surface area contributed by atoms with E-state index in [1.165, 1.54) is 56.8 Å². The molecule has 0 fully saturated rings. The first-order chi connectivity index (χ1) is 19.0. The summed E-state index contributed by atoms with van der Waals surface area (Å²) in [6, 6.07) is 1.75. The maximum Gasteiger partial charge on any atom is 0.152 e. The lowest BCUT2D eigenvalue weighted by molar-refractivity contribution is -0.112. The van der Waals surface area contributed by atoms with Gasteiger partial charge in [0.15, 0.2) is 5.78 Å². The lowest BCUT2D eigenvalue weighted by Crippen LogP contribution is -2.28. The number of carbonyl (C=O) groups excluding carboxylic acids is 1. The molecule has 4 nitrogen and oxygen atoms in total. The molecule has 244 valence electrons. The number of hydrogen-bond donors (Lipinski definition) is 0. The first-order valence-electron chi connectivity index (χ1n) is 16.0. The van der Waals surface area contributed by atoms with Crippen LogP contribution >= 0.6 is 0 Å². The van der Waals surface area contributed by atoms with Crippen LogP contribution in [0.4, 0.5) is 0 Å². The number of unbranched alkanes of at least 4 members (excludes halogenated alkanes) is 2. The Kier molecular flexibility index (Phi) is 110. The molecule has 0 atom stereocenters. The summed E-state index contributed by atoms with van der Waals surface area (Å²) in [6.07, 6.45) is 7.67. The fourth-order valence-electron chi connectivity index (χ4n) is 1.94. The van der Waals surface area contributed by atoms with E-state index in [0.717, 1.165) is 30.9 Å². The Morgan fingerprint density at radius 1 is 0.875 bits per heavy atom. The van der Waals surface area contributed by atoms with Crippen LogP contribution in [-0.4, -0.2) is 36.5 Å². The average Bonchev–Trinajstić information content (AvgIpc) is 2.98. The van der Waals surface area contributed by atoms with E-state index in [-0.39, 0.29) is 5.78 Å². The number of aliphatic imine (C=N–C) groups is 1.